The van der Waals surface area contributed by atoms with Gasteiger partial charge in [-0.15, -0.1) is 0 Å². The molecular weight excluding hydrogens is 250 g/mol. The number of benzene rings is 1. The van der Waals surface area contributed by atoms with E-state index in [2.05, 4.69) is 5.32 Å². The summed E-state index contributed by atoms with van der Waals surface area (Å²) in [4.78, 5) is 22.3. The van der Waals surface area contributed by atoms with Crippen molar-refractivity contribution in [1.82, 2.24) is 5.32 Å². The molecule has 0 fully saturated rings. The number of rotatable bonds is 4. The van der Waals surface area contributed by atoms with E-state index < -0.39 is 17.9 Å². The monoisotopic (exact) mass is 263 g/mol. The highest BCUT2D eigenvalue weighted by atomic mass is 16.3. The van der Waals surface area contributed by atoms with Crippen molar-refractivity contribution in [3.05, 3.63) is 30.0 Å². The van der Waals surface area contributed by atoms with Gasteiger partial charge in [-0.2, -0.15) is 0 Å². The highest BCUT2D eigenvalue weighted by Crippen LogP contribution is 2.21. The molecule has 2 aromatic rings. The van der Waals surface area contributed by atoms with Crippen LogP contribution < -0.4 is 16.8 Å². The number of hydrogen-bond acceptors (Lipinski definition) is 5. The lowest BCUT2D eigenvalue weighted by molar-refractivity contribution is -0.125. The first-order valence-corrected chi connectivity index (χ1v) is 5.52. The van der Waals surface area contributed by atoms with Gasteiger partial charge in [0.05, 0.1) is 6.54 Å². The maximum absolute atomic E-state index is 11.7. The molecule has 0 aliphatic carbocycles. The molecule has 0 radical (unpaired) electrons. The lowest BCUT2D eigenvalue weighted by Gasteiger charge is -2.06. The van der Waals surface area contributed by atoms with Crippen molar-refractivity contribution in [2.45, 2.75) is 6.10 Å². The van der Waals surface area contributed by atoms with E-state index >= 15 is 0 Å². The van der Waals surface area contributed by atoms with E-state index in [-0.39, 0.29) is 12.3 Å². The Kier molecular flexibility index (Phi) is 3.39. The standard InChI is InChI=1S/C12H13N3O4/c13-7-1-2-9-6(3-7)4-10(19-9)12(18)15-5-8(16)11(14)17/h1-4,8,16H,5,13H2,(H2,14,17)(H,15,18). The first kappa shape index (κ1) is 12.9. The van der Waals surface area contributed by atoms with Crippen LogP contribution in [-0.2, 0) is 4.79 Å². The van der Waals surface area contributed by atoms with Crippen LogP contribution >= 0.6 is 0 Å². The lowest BCUT2D eigenvalue weighted by atomic mass is 10.2. The molecule has 1 aromatic carbocycles. The van der Waals surface area contributed by atoms with E-state index in [4.69, 9.17) is 21.0 Å². The zero-order chi connectivity index (χ0) is 14.0. The summed E-state index contributed by atoms with van der Waals surface area (Å²) < 4.78 is 5.31. The van der Waals surface area contributed by atoms with Crippen molar-refractivity contribution in [2.24, 2.45) is 5.73 Å². The van der Waals surface area contributed by atoms with E-state index in [1.54, 1.807) is 18.2 Å². The van der Waals surface area contributed by atoms with Crippen molar-refractivity contribution < 1.29 is 19.1 Å². The quantitative estimate of drug-likeness (QED) is 0.557. The highest BCUT2D eigenvalue weighted by Gasteiger charge is 2.16. The summed E-state index contributed by atoms with van der Waals surface area (Å²) in [5, 5.41) is 12.2. The zero-order valence-electron chi connectivity index (χ0n) is 9.92. The Morgan fingerprint density at radius 2 is 2.11 bits per heavy atom. The van der Waals surface area contributed by atoms with Crippen molar-refractivity contribution >= 4 is 28.5 Å². The van der Waals surface area contributed by atoms with Gasteiger partial charge in [-0.25, -0.2) is 0 Å². The minimum Gasteiger partial charge on any atom is -0.451 e. The number of primary amides is 1. The number of aliphatic hydroxyl groups excluding tert-OH is 1. The third-order valence-corrected chi connectivity index (χ3v) is 2.55. The fourth-order valence-electron chi connectivity index (χ4n) is 1.55. The summed E-state index contributed by atoms with van der Waals surface area (Å²) in [5.74, 6) is -1.38. The highest BCUT2D eigenvalue weighted by molar-refractivity contribution is 5.96. The molecule has 19 heavy (non-hydrogen) atoms. The van der Waals surface area contributed by atoms with E-state index in [1.807, 2.05) is 0 Å². The number of amides is 2. The van der Waals surface area contributed by atoms with Crippen LogP contribution in [0.15, 0.2) is 28.7 Å². The number of anilines is 1. The number of carbonyl (C=O) groups is 2. The van der Waals surface area contributed by atoms with E-state index in [1.165, 1.54) is 6.07 Å². The first-order valence-electron chi connectivity index (χ1n) is 5.52. The Morgan fingerprint density at radius 1 is 1.37 bits per heavy atom. The normalized spacial score (nSPS) is 12.3. The van der Waals surface area contributed by atoms with Crippen LogP contribution in [-0.4, -0.2) is 29.6 Å². The average molecular weight is 263 g/mol. The zero-order valence-corrected chi connectivity index (χ0v) is 9.92. The molecule has 6 N–H and O–H groups in total. The molecule has 1 unspecified atom stereocenters. The Bertz CT molecular complexity index is 635. The van der Waals surface area contributed by atoms with Gasteiger partial charge in [0.25, 0.3) is 5.91 Å². The Balaban J connectivity index is 2.11. The third-order valence-electron chi connectivity index (χ3n) is 2.55. The summed E-state index contributed by atoms with van der Waals surface area (Å²) >= 11 is 0. The summed E-state index contributed by atoms with van der Waals surface area (Å²) in [6, 6.07) is 6.51. The molecule has 1 atom stereocenters. The molecule has 0 saturated carbocycles. The number of furan rings is 1. The molecule has 100 valence electrons. The Morgan fingerprint density at radius 3 is 2.79 bits per heavy atom. The number of nitrogens with two attached hydrogens (primary N) is 2. The van der Waals surface area contributed by atoms with Gasteiger partial charge >= 0.3 is 0 Å². The van der Waals surface area contributed by atoms with Gasteiger partial charge in [-0.1, -0.05) is 0 Å². The Labute approximate surface area is 108 Å². The topological polar surface area (TPSA) is 132 Å². The predicted octanol–water partition coefficient (Wildman–Crippen LogP) is -0.409. The fourth-order valence-corrected chi connectivity index (χ4v) is 1.55. The number of fused-ring (bicyclic) bond motifs is 1. The molecule has 2 amide bonds. The smallest absolute Gasteiger partial charge is 0.287 e. The molecule has 7 heteroatoms. The molecule has 7 nitrogen and oxygen atoms in total. The Hall–Kier alpha value is -2.54. The van der Waals surface area contributed by atoms with Crippen LogP contribution in [0, 0.1) is 0 Å². The molecule has 1 aromatic heterocycles. The number of nitrogen functional groups attached to an aromatic ring is 1. The van der Waals surface area contributed by atoms with Gasteiger partial charge in [-0.3, -0.25) is 9.59 Å². The van der Waals surface area contributed by atoms with E-state index in [0.29, 0.717) is 16.7 Å². The van der Waals surface area contributed by atoms with Gasteiger partial charge in [0.1, 0.15) is 11.7 Å². The van der Waals surface area contributed by atoms with Crippen LogP contribution in [0.3, 0.4) is 0 Å². The van der Waals surface area contributed by atoms with Gasteiger partial charge < -0.3 is 26.3 Å². The second-order valence-corrected chi connectivity index (χ2v) is 4.04. The largest absolute Gasteiger partial charge is 0.451 e. The maximum atomic E-state index is 11.7. The van der Waals surface area contributed by atoms with Crippen LogP contribution in [0.2, 0.25) is 0 Å². The maximum Gasteiger partial charge on any atom is 0.287 e. The fraction of sp³-hybridized carbons (Fsp3) is 0.167. The van der Waals surface area contributed by atoms with Gasteiger partial charge in [0.2, 0.25) is 5.91 Å². The summed E-state index contributed by atoms with van der Waals surface area (Å²) in [6.45, 7) is -0.270. The lowest BCUT2D eigenvalue weighted by Crippen LogP contribution is -2.39. The second-order valence-electron chi connectivity index (χ2n) is 4.04. The number of hydrogen-bond donors (Lipinski definition) is 4. The number of nitrogens with one attached hydrogen (secondary N) is 1. The van der Waals surface area contributed by atoms with E-state index in [0.717, 1.165) is 0 Å². The van der Waals surface area contributed by atoms with Gasteiger partial charge in [0.15, 0.2) is 5.76 Å². The second kappa shape index (κ2) is 4.99. The van der Waals surface area contributed by atoms with Crippen molar-refractivity contribution in [3.8, 4) is 0 Å². The summed E-state index contributed by atoms with van der Waals surface area (Å²) in [7, 11) is 0. The predicted molar refractivity (Wildman–Crippen MR) is 68.2 cm³/mol. The van der Waals surface area contributed by atoms with Gasteiger partial charge in [-0.05, 0) is 24.3 Å². The van der Waals surface area contributed by atoms with Crippen molar-refractivity contribution in [2.75, 3.05) is 12.3 Å². The summed E-state index contributed by atoms with van der Waals surface area (Å²) in [6.07, 6.45) is -1.43. The molecule has 0 saturated heterocycles. The van der Waals surface area contributed by atoms with Crippen LogP contribution in [0.25, 0.3) is 11.0 Å². The van der Waals surface area contributed by atoms with Crippen LogP contribution in [0.4, 0.5) is 5.69 Å². The van der Waals surface area contributed by atoms with Crippen molar-refractivity contribution in [3.63, 3.8) is 0 Å². The molecule has 0 aliphatic rings. The van der Waals surface area contributed by atoms with Crippen LogP contribution in [0.5, 0.6) is 0 Å². The molecule has 1 heterocycles. The molecule has 0 aliphatic heterocycles. The van der Waals surface area contributed by atoms with Crippen molar-refractivity contribution in [1.29, 1.82) is 0 Å². The average Bonchev–Trinajstić information content (AvgIpc) is 2.78. The first-order chi connectivity index (χ1) is 8.97. The molecule has 2 rings (SSSR count). The molecule has 0 spiro atoms. The SMILES string of the molecule is NC(=O)C(O)CNC(=O)c1cc2cc(N)ccc2o1. The summed E-state index contributed by atoms with van der Waals surface area (Å²) in [5.41, 5.74) is 11.6. The van der Waals surface area contributed by atoms with Crippen LogP contribution in [0.1, 0.15) is 10.6 Å². The molecular formula is C12H13N3O4. The number of aliphatic hydroxyl groups is 1. The van der Waals surface area contributed by atoms with Gasteiger partial charge in [0, 0.05) is 11.1 Å². The third kappa shape index (κ3) is 2.83. The molecule has 0 bridgehead atoms. The minimum absolute atomic E-state index is 0.0669. The minimum atomic E-state index is -1.43. The van der Waals surface area contributed by atoms with E-state index in [9.17, 15) is 9.59 Å². The number of carbonyl (C=O) groups excluding carboxylic acids is 2.